The molecule has 1 fully saturated rings. The van der Waals surface area contributed by atoms with E-state index >= 15 is 0 Å². The minimum absolute atomic E-state index is 0.0879. The van der Waals surface area contributed by atoms with Crippen molar-refractivity contribution >= 4 is 5.69 Å². The zero-order valence-electron chi connectivity index (χ0n) is 10.5. The third kappa shape index (κ3) is 3.54. The summed E-state index contributed by atoms with van der Waals surface area (Å²) in [7, 11) is 0. The monoisotopic (exact) mass is 252 g/mol. The van der Waals surface area contributed by atoms with Gasteiger partial charge in [-0.25, -0.2) is 4.68 Å². The molecule has 0 amide bonds. The molecule has 3 N–H and O–H groups in total. The Balaban J connectivity index is 1.90. The molecule has 0 radical (unpaired) electrons. The number of anilines is 1. The number of aryl methyl sites for hydroxylation is 1. The number of aromatic nitrogens is 2. The molecule has 1 atom stereocenters. The van der Waals surface area contributed by atoms with E-state index in [-0.39, 0.29) is 11.7 Å². The van der Waals surface area contributed by atoms with Gasteiger partial charge in [0.1, 0.15) is 0 Å². The van der Waals surface area contributed by atoms with Crippen LogP contribution in [-0.2, 0) is 11.3 Å². The molecule has 2 heterocycles. The molecule has 0 bridgehead atoms. The summed E-state index contributed by atoms with van der Waals surface area (Å²) in [6.07, 6.45) is 5.00. The number of nitrogens with one attached hydrogen (secondary N) is 1. The molecule has 2 rings (SSSR count). The molecule has 1 aliphatic heterocycles. The Morgan fingerprint density at radius 2 is 2.50 bits per heavy atom. The lowest BCUT2D eigenvalue weighted by atomic mass is 10.2. The van der Waals surface area contributed by atoms with Crippen molar-refractivity contribution in [3.63, 3.8) is 0 Å². The molecule has 0 saturated carbocycles. The second-order valence-electron chi connectivity index (χ2n) is 4.44. The number of rotatable bonds is 6. The lowest BCUT2D eigenvalue weighted by Crippen LogP contribution is -2.25. The minimum atomic E-state index is -0.0879. The average Bonchev–Trinajstić information content (AvgIpc) is 2.88. The fourth-order valence-corrected chi connectivity index (χ4v) is 2.05. The average molecular weight is 252 g/mol. The van der Waals surface area contributed by atoms with Gasteiger partial charge in [0.25, 0.3) is 5.56 Å². The van der Waals surface area contributed by atoms with Gasteiger partial charge in [-0.05, 0) is 19.3 Å². The summed E-state index contributed by atoms with van der Waals surface area (Å²) < 4.78 is 7.00. The first kappa shape index (κ1) is 13.0. The Kier molecular flexibility index (Phi) is 4.72. The first-order valence-corrected chi connectivity index (χ1v) is 6.42. The Morgan fingerprint density at radius 3 is 3.17 bits per heavy atom. The topological polar surface area (TPSA) is 82.2 Å². The molecule has 100 valence electrons. The second-order valence-corrected chi connectivity index (χ2v) is 4.44. The molecule has 6 heteroatoms. The van der Waals surface area contributed by atoms with Gasteiger partial charge < -0.3 is 15.8 Å². The van der Waals surface area contributed by atoms with Crippen molar-refractivity contribution in [2.45, 2.75) is 31.9 Å². The molecule has 0 aromatic carbocycles. The first-order chi connectivity index (χ1) is 8.79. The quantitative estimate of drug-likeness (QED) is 0.755. The Hall–Kier alpha value is -1.40. The molecule has 1 unspecified atom stereocenters. The maximum Gasteiger partial charge on any atom is 0.268 e. The largest absolute Gasteiger partial charge is 0.382 e. The van der Waals surface area contributed by atoms with Crippen molar-refractivity contribution < 1.29 is 4.74 Å². The zero-order chi connectivity index (χ0) is 12.8. The van der Waals surface area contributed by atoms with E-state index in [4.69, 9.17) is 10.5 Å². The molecule has 1 saturated heterocycles. The normalized spacial score (nSPS) is 19.1. The van der Waals surface area contributed by atoms with Crippen molar-refractivity contribution in [2.24, 2.45) is 5.73 Å². The summed E-state index contributed by atoms with van der Waals surface area (Å²) in [5, 5.41) is 7.17. The van der Waals surface area contributed by atoms with Crippen molar-refractivity contribution in [1.82, 2.24) is 9.78 Å². The number of hydrogen-bond acceptors (Lipinski definition) is 5. The van der Waals surface area contributed by atoms with E-state index in [0.29, 0.717) is 19.6 Å². The third-order valence-electron chi connectivity index (χ3n) is 3.03. The van der Waals surface area contributed by atoms with E-state index in [0.717, 1.165) is 31.6 Å². The predicted molar refractivity (Wildman–Crippen MR) is 69.6 cm³/mol. The van der Waals surface area contributed by atoms with Crippen LogP contribution in [0.3, 0.4) is 0 Å². The standard InChI is InChI=1S/C12H20N4O2/c13-4-5-14-10-8-12(17)16(15-9-10)6-3-11-2-1-7-18-11/h8-9,11,14H,1-7,13H2. The fourth-order valence-electron chi connectivity index (χ4n) is 2.05. The maximum atomic E-state index is 11.8. The van der Waals surface area contributed by atoms with Crippen LogP contribution in [0.1, 0.15) is 19.3 Å². The third-order valence-corrected chi connectivity index (χ3v) is 3.03. The molecule has 1 aromatic heterocycles. The predicted octanol–water partition coefficient (Wildman–Crippen LogP) is 0.183. The Morgan fingerprint density at radius 1 is 1.61 bits per heavy atom. The molecular formula is C12H20N4O2. The van der Waals surface area contributed by atoms with Crippen LogP contribution in [0.4, 0.5) is 5.69 Å². The Bertz CT molecular complexity index is 426. The molecule has 6 nitrogen and oxygen atoms in total. The van der Waals surface area contributed by atoms with Crippen LogP contribution in [0, 0.1) is 0 Å². The van der Waals surface area contributed by atoms with Crippen molar-refractivity contribution in [1.29, 1.82) is 0 Å². The van der Waals surface area contributed by atoms with Gasteiger partial charge in [-0.3, -0.25) is 4.79 Å². The van der Waals surface area contributed by atoms with Crippen molar-refractivity contribution in [3.8, 4) is 0 Å². The molecule has 1 aromatic rings. The highest BCUT2D eigenvalue weighted by atomic mass is 16.5. The van der Waals surface area contributed by atoms with Crippen molar-refractivity contribution in [2.75, 3.05) is 25.0 Å². The van der Waals surface area contributed by atoms with Crippen LogP contribution < -0.4 is 16.6 Å². The van der Waals surface area contributed by atoms with Gasteiger partial charge >= 0.3 is 0 Å². The highest BCUT2D eigenvalue weighted by molar-refractivity contribution is 5.38. The summed E-state index contributed by atoms with van der Waals surface area (Å²) in [4.78, 5) is 11.8. The summed E-state index contributed by atoms with van der Waals surface area (Å²) in [5.41, 5.74) is 6.01. The number of hydrogen-bond donors (Lipinski definition) is 2. The van der Waals surface area contributed by atoms with E-state index in [9.17, 15) is 4.79 Å². The molecule has 1 aliphatic rings. The van der Waals surface area contributed by atoms with Crippen LogP contribution in [0.15, 0.2) is 17.1 Å². The van der Waals surface area contributed by atoms with Gasteiger partial charge in [-0.2, -0.15) is 5.10 Å². The molecular weight excluding hydrogens is 232 g/mol. The Labute approximate surface area is 106 Å². The van der Waals surface area contributed by atoms with Crippen LogP contribution in [0.25, 0.3) is 0 Å². The van der Waals surface area contributed by atoms with Crippen LogP contribution in [0.5, 0.6) is 0 Å². The van der Waals surface area contributed by atoms with Gasteiger partial charge in [0.2, 0.25) is 0 Å². The minimum Gasteiger partial charge on any atom is -0.382 e. The highest BCUT2D eigenvalue weighted by Gasteiger charge is 2.15. The number of ether oxygens (including phenoxy) is 1. The summed E-state index contributed by atoms with van der Waals surface area (Å²) in [5.74, 6) is 0. The molecule has 0 aliphatic carbocycles. The summed E-state index contributed by atoms with van der Waals surface area (Å²) >= 11 is 0. The second kappa shape index (κ2) is 6.51. The highest BCUT2D eigenvalue weighted by Crippen LogP contribution is 2.15. The zero-order valence-corrected chi connectivity index (χ0v) is 10.5. The summed E-state index contributed by atoms with van der Waals surface area (Å²) in [6.45, 7) is 2.62. The van der Waals surface area contributed by atoms with E-state index < -0.39 is 0 Å². The molecule has 0 spiro atoms. The SMILES string of the molecule is NCCNc1cnn(CCC2CCCO2)c(=O)c1. The number of nitrogens with zero attached hydrogens (tertiary/aromatic N) is 2. The number of nitrogens with two attached hydrogens (primary N) is 1. The van der Waals surface area contributed by atoms with E-state index in [1.54, 1.807) is 12.3 Å². The van der Waals surface area contributed by atoms with Crippen LogP contribution in [-0.4, -0.2) is 35.6 Å². The first-order valence-electron chi connectivity index (χ1n) is 6.42. The smallest absolute Gasteiger partial charge is 0.268 e. The van der Waals surface area contributed by atoms with Gasteiger partial charge in [-0.15, -0.1) is 0 Å². The van der Waals surface area contributed by atoms with Crippen molar-refractivity contribution in [3.05, 3.63) is 22.6 Å². The van der Waals surface area contributed by atoms with E-state index in [2.05, 4.69) is 10.4 Å². The van der Waals surface area contributed by atoms with Gasteiger partial charge in [0.05, 0.1) is 18.0 Å². The van der Waals surface area contributed by atoms with Gasteiger partial charge in [-0.1, -0.05) is 0 Å². The van der Waals surface area contributed by atoms with Gasteiger partial charge in [0, 0.05) is 32.3 Å². The lowest BCUT2D eigenvalue weighted by Gasteiger charge is -2.10. The van der Waals surface area contributed by atoms with Gasteiger partial charge in [0.15, 0.2) is 0 Å². The van der Waals surface area contributed by atoms with E-state index in [1.165, 1.54) is 4.68 Å². The van der Waals surface area contributed by atoms with E-state index in [1.807, 2.05) is 0 Å². The molecule has 18 heavy (non-hydrogen) atoms. The van der Waals surface area contributed by atoms with Crippen LogP contribution in [0.2, 0.25) is 0 Å². The maximum absolute atomic E-state index is 11.8. The fraction of sp³-hybridized carbons (Fsp3) is 0.667. The van der Waals surface area contributed by atoms with Crippen LogP contribution >= 0.6 is 0 Å². The summed E-state index contributed by atoms with van der Waals surface area (Å²) in [6, 6.07) is 1.55. The lowest BCUT2D eigenvalue weighted by molar-refractivity contribution is 0.0990.